The Labute approximate surface area is 310 Å². The molecule has 1 aromatic carbocycles. The summed E-state index contributed by atoms with van der Waals surface area (Å²) in [5, 5.41) is 60.4. The molecule has 21 heteroatoms. The highest BCUT2D eigenvalue weighted by atomic mass is 16.6. The number of ether oxygens (including phenoxy) is 1. The molecule has 0 aliphatic rings. The number of benzene rings is 1. The Kier molecular flexibility index (Phi) is 17.9. The van der Waals surface area contributed by atoms with E-state index < -0.39 is 120 Å². The Bertz CT molecular complexity index is 1510. The summed E-state index contributed by atoms with van der Waals surface area (Å²) in [6.07, 6.45) is -6.63. The van der Waals surface area contributed by atoms with Crippen LogP contribution >= 0.6 is 0 Å². The summed E-state index contributed by atoms with van der Waals surface area (Å²) < 4.78 is 5.10. The van der Waals surface area contributed by atoms with Gasteiger partial charge in [-0.05, 0) is 59.2 Å². The van der Waals surface area contributed by atoms with Gasteiger partial charge >= 0.3 is 11.9 Å². The van der Waals surface area contributed by atoms with Crippen LogP contribution in [-0.2, 0) is 49.5 Å². The third-order valence-corrected chi connectivity index (χ3v) is 7.40. The Balaban J connectivity index is 3.40. The summed E-state index contributed by atoms with van der Waals surface area (Å²) in [6, 6.07) is -5.15. The van der Waals surface area contributed by atoms with Crippen molar-refractivity contribution in [3.05, 3.63) is 29.8 Å². The number of hydrogen-bond donors (Lipinski definition) is 12. The van der Waals surface area contributed by atoms with Crippen LogP contribution < -0.4 is 38.1 Å². The Hall–Kier alpha value is -5.38. The van der Waals surface area contributed by atoms with Crippen LogP contribution in [0.2, 0.25) is 0 Å². The molecule has 0 unspecified atom stereocenters. The smallest absolute Gasteiger partial charge is 0.326 e. The van der Waals surface area contributed by atoms with E-state index in [0.717, 1.165) is 13.8 Å². The first kappa shape index (κ1) is 46.6. The molecule has 0 radical (unpaired) electrons. The average molecular weight is 770 g/mol. The fraction of sp³-hybridized carbons (Fsp3) is 0.576. The topological polar surface area (TPSA) is 359 Å². The zero-order valence-electron chi connectivity index (χ0n) is 30.7. The van der Waals surface area contributed by atoms with Crippen molar-refractivity contribution in [2.24, 2.45) is 11.5 Å². The van der Waals surface area contributed by atoms with Crippen LogP contribution in [0.4, 0.5) is 0 Å². The number of phenolic OH excluding ortho intramolecular Hbond substituents is 1. The van der Waals surface area contributed by atoms with E-state index in [4.69, 9.17) is 16.2 Å². The Morgan fingerprint density at radius 1 is 0.667 bits per heavy atom. The number of esters is 1. The van der Waals surface area contributed by atoms with Crippen molar-refractivity contribution >= 4 is 47.4 Å². The summed E-state index contributed by atoms with van der Waals surface area (Å²) in [5.41, 5.74) is 10.2. The van der Waals surface area contributed by atoms with E-state index in [1.165, 1.54) is 31.2 Å². The highest BCUT2D eigenvalue weighted by Crippen LogP contribution is 2.13. The number of aromatic hydroxyl groups is 1. The number of primary amides is 1. The number of amides is 6. The van der Waals surface area contributed by atoms with Gasteiger partial charge in [0, 0.05) is 6.42 Å². The quantitative estimate of drug-likeness (QED) is 0.0556. The molecule has 0 spiro atoms. The molecule has 0 heterocycles. The van der Waals surface area contributed by atoms with Gasteiger partial charge in [0.25, 0.3) is 0 Å². The van der Waals surface area contributed by atoms with E-state index in [1.54, 1.807) is 20.8 Å². The minimum atomic E-state index is -1.86. The lowest BCUT2D eigenvalue weighted by atomic mass is 10.0. The van der Waals surface area contributed by atoms with Crippen LogP contribution in [-0.4, -0.2) is 133 Å². The summed E-state index contributed by atoms with van der Waals surface area (Å²) in [5.74, 6) is -9.64. The van der Waals surface area contributed by atoms with Crippen LogP contribution in [0.1, 0.15) is 59.9 Å². The summed E-state index contributed by atoms with van der Waals surface area (Å²) >= 11 is 0. The predicted molar refractivity (Wildman–Crippen MR) is 186 cm³/mol. The van der Waals surface area contributed by atoms with Crippen LogP contribution in [0, 0.1) is 0 Å². The van der Waals surface area contributed by atoms with Gasteiger partial charge in [0.1, 0.15) is 47.6 Å². The number of rotatable bonds is 20. The van der Waals surface area contributed by atoms with Gasteiger partial charge in [-0.1, -0.05) is 12.1 Å². The van der Waals surface area contributed by atoms with Gasteiger partial charge in [-0.2, -0.15) is 0 Å². The third kappa shape index (κ3) is 16.1. The number of phenols is 1. The summed E-state index contributed by atoms with van der Waals surface area (Å²) in [4.78, 5) is 102. The number of aliphatic hydroxyl groups excluding tert-OH is 3. The monoisotopic (exact) mass is 769 g/mol. The number of carbonyl (C=O) groups excluding carboxylic acids is 7. The van der Waals surface area contributed by atoms with Crippen LogP contribution in [0.3, 0.4) is 0 Å². The second kappa shape index (κ2) is 20.8. The van der Waals surface area contributed by atoms with E-state index in [0.29, 0.717) is 5.56 Å². The molecule has 21 nitrogen and oxygen atoms in total. The first-order chi connectivity index (χ1) is 24.8. The maximum absolute atomic E-state index is 13.7. The molecule has 302 valence electrons. The second-order valence-corrected chi connectivity index (χ2v) is 13.6. The molecular formula is C33H51N7O14. The van der Waals surface area contributed by atoms with Gasteiger partial charge in [-0.3, -0.25) is 33.6 Å². The Morgan fingerprint density at radius 2 is 1.11 bits per heavy atom. The Morgan fingerprint density at radius 3 is 1.54 bits per heavy atom. The largest absolute Gasteiger partial charge is 0.508 e. The van der Waals surface area contributed by atoms with Crippen LogP contribution in [0.25, 0.3) is 0 Å². The normalized spacial score (nSPS) is 16.3. The molecule has 6 amide bonds. The van der Waals surface area contributed by atoms with Crippen molar-refractivity contribution in [1.29, 1.82) is 0 Å². The van der Waals surface area contributed by atoms with Crippen molar-refractivity contribution < 1.29 is 68.6 Å². The van der Waals surface area contributed by atoms with Gasteiger partial charge in [-0.15, -0.1) is 0 Å². The molecule has 0 aliphatic heterocycles. The molecule has 0 saturated carbocycles. The minimum absolute atomic E-state index is 0.146. The van der Waals surface area contributed by atoms with Gasteiger partial charge < -0.3 is 68.3 Å². The fourth-order valence-corrected chi connectivity index (χ4v) is 4.57. The first-order valence-electron chi connectivity index (χ1n) is 16.6. The number of aliphatic carboxylic acids is 1. The second-order valence-electron chi connectivity index (χ2n) is 13.6. The first-order valence-corrected chi connectivity index (χ1v) is 16.6. The van der Waals surface area contributed by atoms with E-state index in [1.807, 2.05) is 0 Å². The highest BCUT2D eigenvalue weighted by Gasteiger charge is 2.36. The standard InChI is InChI=1S/C33H51N7O14/c1-14(41)24(35)29(49)40-26(16(3)43)30(50)37-20(12-22(34)45)27(47)36-19(11-17-7-9-18(44)10-8-17)28(48)39-25(15(2)42)31(51)38-21(32(52)53)13-23(46)54-33(4,5)6/h7-10,14-16,19-21,24-26,41-44H,11-13,35H2,1-6H3,(H2,34,45)(H,36,47)(H,37,50)(H,38,51)(H,39,48)(H,40,49)(H,52,53)/t14-,15-,16-,19+,20+,21+,24+,25+,26+/m1/s1. The van der Waals surface area contributed by atoms with Crippen LogP contribution in [0.15, 0.2) is 24.3 Å². The molecule has 0 aromatic heterocycles. The fourth-order valence-electron chi connectivity index (χ4n) is 4.57. The average Bonchev–Trinajstić information content (AvgIpc) is 3.03. The molecule has 0 fully saturated rings. The van der Waals surface area contributed by atoms with Crippen molar-refractivity contribution in [3.63, 3.8) is 0 Å². The van der Waals surface area contributed by atoms with Crippen molar-refractivity contribution in [2.45, 2.75) is 121 Å². The third-order valence-electron chi connectivity index (χ3n) is 7.40. The van der Waals surface area contributed by atoms with Gasteiger partial charge in [0.15, 0.2) is 0 Å². The lowest BCUT2D eigenvalue weighted by molar-refractivity contribution is -0.158. The summed E-state index contributed by atoms with van der Waals surface area (Å²) in [6.45, 7) is 8.03. The van der Waals surface area contributed by atoms with Gasteiger partial charge in [-0.25, -0.2) is 4.79 Å². The van der Waals surface area contributed by atoms with Crippen molar-refractivity contribution in [3.8, 4) is 5.75 Å². The van der Waals surface area contributed by atoms with Gasteiger partial charge in [0.05, 0.1) is 31.2 Å². The van der Waals surface area contributed by atoms with E-state index in [-0.39, 0.29) is 12.2 Å². The molecule has 0 bridgehead atoms. The minimum Gasteiger partial charge on any atom is -0.508 e. The molecule has 14 N–H and O–H groups in total. The molecule has 1 aromatic rings. The highest BCUT2D eigenvalue weighted by molar-refractivity contribution is 5.98. The number of nitrogens with one attached hydrogen (secondary N) is 5. The van der Waals surface area contributed by atoms with E-state index in [2.05, 4.69) is 26.6 Å². The molecule has 0 saturated heterocycles. The SMILES string of the molecule is C[C@@H](O)[C@H](N)C(=O)N[C@H](C(=O)N[C@@H](CC(N)=O)C(=O)N[C@@H](Cc1ccc(O)cc1)C(=O)N[C@H](C(=O)N[C@@H](CC(=O)OC(C)(C)C)C(=O)O)[C@@H](C)O)[C@@H](C)O. The molecule has 9 atom stereocenters. The number of carboxylic acids is 1. The number of carboxylic acid groups (broad SMARTS) is 1. The number of aliphatic hydroxyl groups is 3. The molecule has 54 heavy (non-hydrogen) atoms. The number of nitrogens with two attached hydrogens (primary N) is 2. The van der Waals surface area contributed by atoms with Crippen molar-refractivity contribution in [1.82, 2.24) is 26.6 Å². The van der Waals surface area contributed by atoms with E-state index >= 15 is 0 Å². The number of hydrogen-bond acceptors (Lipinski definition) is 14. The molecular weight excluding hydrogens is 718 g/mol. The number of carbonyl (C=O) groups is 8. The lowest BCUT2D eigenvalue weighted by Gasteiger charge is -2.28. The molecule has 0 aliphatic carbocycles. The maximum Gasteiger partial charge on any atom is 0.326 e. The summed E-state index contributed by atoms with van der Waals surface area (Å²) in [7, 11) is 0. The zero-order valence-corrected chi connectivity index (χ0v) is 30.7. The van der Waals surface area contributed by atoms with E-state index in [9.17, 15) is 63.9 Å². The predicted octanol–water partition coefficient (Wildman–Crippen LogP) is -4.48. The lowest BCUT2D eigenvalue weighted by Crippen LogP contribution is -2.62. The maximum atomic E-state index is 13.7. The zero-order chi connectivity index (χ0) is 41.7. The van der Waals surface area contributed by atoms with Crippen LogP contribution in [0.5, 0.6) is 5.75 Å². The molecule has 1 rings (SSSR count). The van der Waals surface area contributed by atoms with Gasteiger partial charge in [0.2, 0.25) is 35.4 Å². The van der Waals surface area contributed by atoms with Crippen molar-refractivity contribution in [2.75, 3.05) is 0 Å².